The van der Waals surface area contributed by atoms with Gasteiger partial charge in [0.2, 0.25) is 0 Å². The van der Waals surface area contributed by atoms with Crippen molar-refractivity contribution in [1.82, 2.24) is 4.98 Å². The average molecular weight is 447 g/mol. The monoisotopic (exact) mass is 446 g/mol. The molecule has 1 amide bonds. The zero-order chi connectivity index (χ0) is 22.4. The smallest absolute Gasteiger partial charge is 0.300 e. The van der Waals surface area contributed by atoms with Crippen LogP contribution in [0.1, 0.15) is 28.4 Å². The Morgan fingerprint density at radius 3 is 2.78 bits per heavy atom. The highest BCUT2D eigenvalue weighted by atomic mass is 35.5. The van der Waals surface area contributed by atoms with Crippen LogP contribution in [0.5, 0.6) is 5.75 Å². The summed E-state index contributed by atoms with van der Waals surface area (Å²) in [6.07, 6.45) is 2.31. The minimum atomic E-state index is -0.891. The van der Waals surface area contributed by atoms with Crippen LogP contribution >= 0.6 is 11.6 Å². The van der Waals surface area contributed by atoms with Crippen molar-refractivity contribution in [3.05, 3.63) is 93.8 Å². The summed E-state index contributed by atoms with van der Waals surface area (Å²) in [4.78, 5) is 32.2. The highest BCUT2D eigenvalue weighted by Crippen LogP contribution is 2.43. The highest BCUT2D eigenvalue weighted by Gasteiger charge is 2.48. The van der Waals surface area contributed by atoms with E-state index in [0.29, 0.717) is 28.6 Å². The van der Waals surface area contributed by atoms with Crippen molar-refractivity contribution in [2.75, 3.05) is 11.5 Å². The van der Waals surface area contributed by atoms with E-state index < -0.39 is 17.7 Å². The quantitative estimate of drug-likeness (QED) is 0.361. The Hall–Kier alpha value is -3.64. The highest BCUT2D eigenvalue weighted by molar-refractivity contribution is 6.52. The predicted octanol–water partition coefficient (Wildman–Crippen LogP) is 4.60. The summed E-state index contributed by atoms with van der Waals surface area (Å²) in [5.74, 6) is -0.986. The summed E-state index contributed by atoms with van der Waals surface area (Å²) in [6, 6.07) is 14.8. The topological polar surface area (TPSA) is 79.7 Å². The van der Waals surface area contributed by atoms with Crippen LogP contribution in [-0.4, -0.2) is 28.4 Å². The second-order valence-electron chi connectivity index (χ2n) is 7.78. The molecule has 0 radical (unpaired) electrons. The minimum Gasteiger partial charge on any atom is -0.507 e. The van der Waals surface area contributed by atoms with Gasteiger partial charge in [-0.15, -0.1) is 0 Å². The molecule has 5 rings (SSSR count). The Morgan fingerprint density at radius 2 is 2.00 bits per heavy atom. The van der Waals surface area contributed by atoms with E-state index in [1.54, 1.807) is 60.8 Å². The number of aliphatic hydroxyl groups excluding tert-OH is 1. The van der Waals surface area contributed by atoms with Crippen molar-refractivity contribution >= 4 is 34.7 Å². The second kappa shape index (κ2) is 7.80. The molecule has 1 atom stereocenters. The molecule has 3 heterocycles. The lowest BCUT2D eigenvalue weighted by atomic mass is 9.97. The van der Waals surface area contributed by atoms with E-state index in [0.717, 1.165) is 23.3 Å². The van der Waals surface area contributed by atoms with Crippen LogP contribution in [0.2, 0.25) is 5.02 Å². The average Bonchev–Trinajstić information content (AvgIpc) is 3.38. The Bertz CT molecular complexity index is 1290. The molecule has 0 spiro atoms. The van der Waals surface area contributed by atoms with Crippen LogP contribution in [0, 0.1) is 6.92 Å². The SMILES string of the molecule is Cc1ccc(Cl)cc1N1C(=O)C(=O)/C(=C(\O)c2ccc3c(c2)CCO3)C1c1ccccn1. The van der Waals surface area contributed by atoms with Crippen LogP contribution in [0.15, 0.2) is 66.4 Å². The van der Waals surface area contributed by atoms with Crippen molar-refractivity contribution in [3.8, 4) is 5.75 Å². The van der Waals surface area contributed by atoms with E-state index in [4.69, 9.17) is 16.3 Å². The minimum absolute atomic E-state index is 0.00746. The molecule has 1 fully saturated rings. The lowest BCUT2D eigenvalue weighted by Gasteiger charge is -2.26. The molecule has 2 aliphatic heterocycles. The number of carbonyl (C=O) groups is 2. The maximum atomic E-state index is 13.2. The van der Waals surface area contributed by atoms with Crippen LogP contribution in [0.3, 0.4) is 0 Å². The molecule has 1 saturated heterocycles. The molecule has 6 nitrogen and oxygen atoms in total. The normalized spacial score (nSPS) is 19.2. The number of pyridine rings is 1. The fourth-order valence-corrected chi connectivity index (χ4v) is 4.40. The molecule has 0 saturated carbocycles. The molecule has 1 N–H and O–H groups in total. The zero-order valence-electron chi connectivity index (χ0n) is 17.2. The summed E-state index contributed by atoms with van der Waals surface area (Å²) in [6.45, 7) is 2.41. The first-order valence-electron chi connectivity index (χ1n) is 10.2. The van der Waals surface area contributed by atoms with E-state index in [1.165, 1.54) is 4.90 Å². The molecule has 0 bridgehead atoms. The van der Waals surface area contributed by atoms with Gasteiger partial charge in [0.1, 0.15) is 17.6 Å². The van der Waals surface area contributed by atoms with Crippen LogP contribution in [-0.2, 0) is 16.0 Å². The number of fused-ring (bicyclic) bond motifs is 1. The maximum Gasteiger partial charge on any atom is 0.300 e. The first-order valence-corrected chi connectivity index (χ1v) is 10.6. The first-order chi connectivity index (χ1) is 15.5. The number of anilines is 1. The predicted molar refractivity (Wildman–Crippen MR) is 121 cm³/mol. The van der Waals surface area contributed by atoms with Crippen molar-refractivity contribution < 1.29 is 19.4 Å². The Labute approximate surface area is 189 Å². The lowest BCUT2D eigenvalue weighted by Crippen LogP contribution is -2.30. The van der Waals surface area contributed by atoms with Gasteiger partial charge in [0.25, 0.3) is 11.7 Å². The number of Topliss-reactive ketones (excluding diaryl/α,β-unsaturated/α-hetero) is 1. The number of benzene rings is 2. The number of hydrogen-bond acceptors (Lipinski definition) is 5. The molecular formula is C25H19ClN2O4. The van der Waals surface area contributed by atoms with Gasteiger partial charge in [-0.25, -0.2) is 0 Å². The number of aliphatic hydroxyl groups is 1. The van der Waals surface area contributed by atoms with Crippen molar-refractivity contribution in [2.24, 2.45) is 0 Å². The number of rotatable bonds is 3. The van der Waals surface area contributed by atoms with E-state index in [1.807, 2.05) is 6.92 Å². The van der Waals surface area contributed by atoms with E-state index in [-0.39, 0.29) is 11.3 Å². The third-order valence-corrected chi connectivity index (χ3v) is 6.04. The molecule has 1 aromatic heterocycles. The van der Waals surface area contributed by atoms with Gasteiger partial charge in [0, 0.05) is 28.9 Å². The third kappa shape index (κ3) is 3.24. The van der Waals surface area contributed by atoms with Crippen molar-refractivity contribution in [3.63, 3.8) is 0 Å². The van der Waals surface area contributed by atoms with Gasteiger partial charge in [-0.05, 0) is 60.5 Å². The lowest BCUT2D eigenvalue weighted by molar-refractivity contribution is -0.132. The molecule has 160 valence electrons. The largest absolute Gasteiger partial charge is 0.507 e. The van der Waals surface area contributed by atoms with E-state index in [9.17, 15) is 14.7 Å². The summed E-state index contributed by atoms with van der Waals surface area (Å²) < 4.78 is 5.54. The van der Waals surface area contributed by atoms with Crippen molar-refractivity contribution in [2.45, 2.75) is 19.4 Å². The van der Waals surface area contributed by atoms with Crippen LogP contribution in [0.4, 0.5) is 5.69 Å². The molecule has 2 aliphatic rings. The van der Waals surface area contributed by atoms with Crippen molar-refractivity contribution in [1.29, 1.82) is 0 Å². The first kappa shape index (κ1) is 20.3. The Morgan fingerprint density at radius 1 is 1.16 bits per heavy atom. The molecular weight excluding hydrogens is 428 g/mol. The molecule has 32 heavy (non-hydrogen) atoms. The Kier molecular flexibility index (Phi) is 4.94. The molecule has 3 aromatic rings. The van der Waals surface area contributed by atoms with Gasteiger partial charge >= 0.3 is 0 Å². The molecule has 2 aromatic carbocycles. The van der Waals surface area contributed by atoms with Gasteiger partial charge in [0.05, 0.1) is 17.9 Å². The summed E-state index contributed by atoms with van der Waals surface area (Å²) in [5.41, 5.74) is 3.13. The maximum absolute atomic E-state index is 13.2. The van der Waals surface area contributed by atoms with E-state index in [2.05, 4.69) is 4.98 Å². The number of carbonyl (C=O) groups excluding carboxylic acids is 2. The van der Waals surface area contributed by atoms with Gasteiger partial charge in [-0.2, -0.15) is 0 Å². The summed E-state index contributed by atoms with van der Waals surface area (Å²) >= 11 is 6.21. The standard InChI is InChI=1S/C25H19ClN2O4/c1-14-5-7-17(26)13-19(14)28-22(18-4-2-3-10-27-18)21(24(30)25(28)31)23(29)16-6-8-20-15(12-16)9-11-32-20/h2-8,10,12-13,22,29H,9,11H2,1H3/b23-21-. The number of amides is 1. The Balaban J connectivity index is 1.73. The van der Waals surface area contributed by atoms with Crippen LogP contribution in [0.25, 0.3) is 5.76 Å². The summed E-state index contributed by atoms with van der Waals surface area (Å²) in [7, 11) is 0. The fraction of sp³-hybridized carbons (Fsp3) is 0.160. The van der Waals surface area contributed by atoms with Gasteiger partial charge < -0.3 is 9.84 Å². The number of aromatic nitrogens is 1. The number of ether oxygens (including phenoxy) is 1. The fourth-order valence-electron chi connectivity index (χ4n) is 4.23. The van der Waals surface area contributed by atoms with Gasteiger partial charge in [-0.1, -0.05) is 23.7 Å². The molecule has 7 heteroatoms. The van der Waals surface area contributed by atoms with Gasteiger partial charge in [-0.3, -0.25) is 19.5 Å². The zero-order valence-corrected chi connectivity index (χ0v) is 18.0. The number of aryl methyl sites for hydroxylation is 1. The van der Waals surface area contributed by atoms with Gasteiger partial charge in [0.15, 0.2) is 0 Å². The second-order valence-corrected chi connectivity index (χ2v) is 8.21. The van der Waals surface area contributed by atoms with Crippen LogP contribution < -0.4 is 9.64 Å². The molecule has 0 aliphatic carbocycles. The number of halogens is 1. The number of nitrogens with zero attached hydrogens (tertiary/aromatic N) is 2. The summed E-state index contributed by atoms with van der Waals surface area (Å²) in [5, 5.41) is 11.7. The number of ketones is 1. The van der Waals surface area contributed by atoms with E-state index >= 15 is 0 Å². The number of hydrogen-bond donors (Lipinski definition) is 1. The molecule has 1 unspecified atom stereocenters. The third-order valence-electron chi connectivity index (χ3n) is 5.81.